The smallest absolute Gasteiger partial charge is 0.408 e. The predicted octanol–water partition coefficient (Wildman–Crippen LogP) is 2.95. The van der Waals surface area contributed by atoms with Gasteiger partial charge in [-0.05, 0) is 52.3 Å². The van der Waals surface area contributed by atoms with Gasteiger partial charge in [0.15, 0.2) is 0 Å². The highest BCUT2D eigenvalue weighted by atomic mass is 16.6. The minimum atomic E-state index is -0.796. The number of hydrogen-bond acceptors (Lipinski definition) is 5. The molecular formula is C18H22N2O5. The van der Waals surface area contributed by atoms with Gasteiger partial charge in [0.05, 0.1) is 0 Å². The highest BCUT2D eigenvalue weighted by molar-refractivity contribution is 5.97. The number of anilines is 1. The van der Waals surface area contributed by atoms with Crippen LogP contribution < -0.4 is 16.3 Å². The van der Waals surface area contributed by atoms with Crippen molar-refractivity contribution in [3.8, 4) is 0 Å². The Balaban J connectivity index is 2.08. The maximum Gasteiger partial charge on any atom is 0.408 e. The van der Waals surface area contributed by atoms with Gasteiger partial charge in [-0.2, -0.15) is 0 Å². The van der Waals surface area contributed by atoms with Crippen molar-refractivity contribution >= 4 is 28.7 Å². The molecule has 2 rings (SSSR count). The van der Waals surface area contributed by atoms with Crippen LogP contribution in [0.4, 0.5) is 10.5 Å². The van der Waals surface area contributed by atoms with E-state index in [2.05, 4.69) is 10.6 Å². The third kappa shape index (κ3) is 5.07. The first kappa shape index (κ1) is 18.5. The monoisotopic (exact) mass is 346 g/mol. The number of fused-ring (bicyclic) bond motifs is 1. The van der Waals surface area contributed by atoms with E-state index in [1.165, 1.54) is 6.07 Å². The van der Waals surface area contributed by atoms with Crippen molar-refractivity contribution in [2.75, 3.05) is 5.32 Å². The molecule has 0 saturated heterocycles. The summed E-state index contributed by atoms with van der Waals surface area (Å²) in [6.07, 6.45) is -0.671. The fraction of sp³-hybridized carbons (Fsp3) is 0.389. The molecule has 0 bridgehead atoms. The second kappa shape index (κ2) is 6.96. The quantitative estimate of drug-likeness (QED) is 0.833. The van der Waals surface area contributed by atoms with Gasteiger partial charge in [-0.15, -0.1) is 0 Å². The lowest BCUT2D eigenvalue weighted by molar-refractivity contribution is -0.117. The molecule has 0 aliphatic heterocycles. The van der Waals surface area contributed by atoms with Gasteiger partial charge < -0.3 is 19.8 Å². The van der Waals surface area contributed by atoms with E-state index < -0.39 is 29.3 Å². The molecule has 0 aliphatic carbocycles. The van der Waals surface area contributed by atoms with Crippen LogP contribution in [0.2, 0.25) is 0 Å². The number of benzene rings is 1. The molecule has 7 heteroatoms. The van der Waals surface area contributed by atoms with E-state index in [9.17, 15) is 14.4 Å². The van der Waals surface area contributed by atoms with Crippen LogP contribution in [0.1, 0.15) is 33.3 Å². The van der Waals surface area contributed by atoms with E-state index >= 15 is 0 Å². The van der Waals surface area contributed by atoms with Gasteiger partial charge in [-0.25, -0.2) is 9.59 Å². The van der Waals surface area contributed by atoms with E-state index in [0.717, 1.165) is 10.9 Å². The molecule has 2 aromatic rings. The molecule has 0 unspecified atom stereocenters. The Kier molecular flexibility index (Phi) is 5.15. The zero-order valence-corrected chi connectivity index (χ0v) is 14.9. The van der Waals surface area contributed by atoms with Crippen molar-refractivity contribution in [2.24, 2.45) is 0 Å². The highest BCUT2D eigenvalue weighted by Gasteiger charge is 2.21. The van der Waals surface area contributed by atoms with Gasteiger partial charge in [0.25, 0.3) is 0 Å². The summed E-state index contributed by atoms with van der Waals surface area (Å²) in [7, 11) is 0. The summed E-state index contributed by atoms with van der Waals surface area (Å²) in [6.45, 7) is 8.57. The van der Waals surface area contributed by atoms with Gasteiger partial charge in [0.1, 0.15) is 17.2 Å². The van der Waals surface area contributed by atoms with Gasteiger partial charge in [-0.1, -0.05) is 0 Å². The number of aryl methyl sites for hydroxylation is 1. The number of ether oxygens (including phenoxy) is 1. The molecule has 134 valence electrons. The fourth-order valence-corrected chi connectivity index (χ4v) is 2.20. The van der Waals surface area contributed by atoms with Crippen LogP contribution in [0, 0.1) is 6.92 Å². The maximum absolute atomic E-state index is 12.2. The third-order valence-corrected chi connectivity index (χ3v) is 3.35. The number of amides is 2. The summed E-state index contributed by atoms with van der Waals surface area (Å²) >= 11 is 0. The van der Waals surface area contributed by atoms with Crippen LogP contribution in [0.15, 0.2) is 33.5 Å². The lowest BCUT2D eigenvalue weighted by atomic mass is 10.1. The van der Waals surface area contributed by atoms with Gasteiger partial charge in [0, 0.05) is 23.2 Å². The van der Waals surface area contributed by atoms with E-state index in [1.54, 1.807) is 45.9 Å². The standard InChI is InChI=1S/C18H22N2O5/c1-10-8-15(21)24-14-9-12(6-7-13(10)14)20-16(22)11(2)19-17(23)25-18(3,4)5/h6-9,11H,1-5H3,(H,19,23)(H,20,22)/t11-/m0/s1. The third-order valence-electron chi connectivity index (χ3n) is 3.35. The van der Waals surface area contributed by atoms with Crippen LogP contribution >= 0.6 is 0 Å². The van der Waals surface area contributed by atoms with E-state index in [1.807, 2.05) is 6.92 Å². The Morgan fingerprint density at radius 3 is 2.52 bits per heavy atom. The molecule has 1 aromatic heterocycles. The number of hydrogen-bond donors (Lipinski definition) is 2. The van der Waals surface area contributed by atoms with Crippen molar-refractivity contribution in [3.05, 3.63) is 40.2 Å². The first-order valence-corrected chi connectivity index (χ1v) is 7.90. The summed E-state index contributed by atoms with van der Waals surface area (Å²) in [6, 6.07) is 5.65. The van der Waals surface area contributed by atoms with Crippen molar-refractivity contribution in [1.29, 1.82) is 0 Å². The number of carbonyl (C=O) groups is 2. The molecule has 2 amide bonds. The number of rotatable bonds is 3. The first-order valence-electron chi connectivity index (χ1n) is 7.90. The molecule has 2 N–H and O–H groups in total. The minimum absolute atomic E-state index is 0.385. The Morgan fingerprint density at radius 2 is 1.88 bits per heavy atom. The van der Waals surface area contributed by atoms with Crippen molar-refractivity contribution in [2.45, 2.75) is 46.3 Å². The molecule has 0 aliphatic rings. The van der Waals surface area contributed by atoms with Gasteiger partial charge in [0.2, 0.25) is 5.91 Å². The summed E-state index contributed by atoms with van der Waals surface area (Å²) in [5.74, 6) is -0.416. The molecule has 1 atom stereocenters. The molecule has 0 fully saturated rings. The summed E-state index contributed by atoms with van der Waals surface area (Å²) < 4.78 is 10.3. The largest absolute Gasteiger partial charge is 0.444 e. The van der Waals surface area contributed by atoms with E-state index in [0.29, 0.717) is 11.3 Å². The van der Waals surface area contributed by atoms with Crippen LogP contribution in [0.25, 0.3) is 11.0 Å². The predicted molar refractivity (Wildman–Crippen MR) is 94.7 cm³/mol. The first-order chi connectivity index (χ1) is 11.5. The Hall–Kier alpha value is -2.83. The average molecular weight is 346 g/mol. The minimum Gasteiger partial charge on any atom is -0.444 e. The summed E-state index contributed by atoms with van der Waals surface area (Å²) in [5, 5.41) is 5.92. The van der Waals surface area contributed by atoms with Gasteiger partial charge in [-0.3, -0.25) is 4.79 Å². The van der Waals surface area contributed by atoms with Crippen LogP contribution in [0.5, 0.6) is 0 Å². The van der Waals surface area contributed by atoms with Crippen LogP contribution in [0.3, 0.4) is 0 Å². The highest BCUT2D eigenvalue weighted by Crippen LogP contribution is 2.20. The average Bonchev–Trinajstić information content (AvgIpc) is 2.44. The zero-order chi connectivity index (χ0) is 18.8. The molecule has 1 heterocycles. The van der Waals surface area contributed by atoms with Crippen molar-refractivity contribution < 1.29 is 18.7 Å². The molecule has 25 heavy (non-hydrogen) atoms. The molecule has 0 radical (unpaired) electrons. The second-order valence-electron chi connectivity index (χ2n) is 6.82. The molecule has 1 aromatic carbocycles. The summed E-state index contributed by atoms with van der Waals surface area (Å²) in [4.78, 5) is 35.4. The molecular weight excluding hydrogens is 324 g/mol. The van der Waals surface area contributed by atoms with Crippen molar-refractivity contribution in [3.63, 3.8) is 0 Å². The van der Waals surface area contributed by atoms with E-state index in [-0.39, 0.29) is 0 Å². The van der Waals surface area contributed by atoms with Crippen LogP contribution in [-0.4, -0.2) is 23.6 Å². The Labute approximate surface area is 145 Å². The molecule has 7 nitrogen and oxygen atoms in total. The number of carbonyl (C=O) groups excluding carboxylic acids is 2. The SMILES string of the molecule is Cc1cc(=O)oc2cc(NC(=O)[C@H](C)NC(=O)OC(C)(C)C)ccc12. The van der Waals surface area contributed by atoms with E-state index in [4.69, 9.17) is 9.15 Å². The number of nitrogens with one attached hydrogen (secondary N) is 2. The maximum atomic E-state index is 12.2. The topological polar surface area (TPSA) is 97.6 Å². The second-order valence-corrected chi connectivity index (χ2v) is 6.82. The normalized spacial score (nSPS) is 12.5. The Bertz CT molecular complexity index is 864. The molecule has 0 saturated carbocycles. The lowest BCUT2D eigenvalue weighted by Gasteiger charge is -2.21. The lowest BCUT2D eigenvalue weighted by Crippen LogP contribution is -2.43. The fourth-order valence-electron chi connectivity index (χ4n) is 2.20. The summed E-state index contributed by atoms with van der Waals surface area (Å²) in [5.41, 5.74) is 0.547. The Morgan fingerprint density at radius 1 is 1.20 bits per heavy atom. The van der Waals surface area contributed by atoms with Gasteiger partial charge >= 0.3 is 11.7 Å². The van der Waals surface area contributed by atoms with Crippen LogP contribution in [-0.2, 0) is 9.53 Å². The number of alkyl carbamates (subject to hydrolysis) is 1. The zero-order valence-electron chi connectivity index (χ0n) is 14.9. The van der Waals surface area contributed by atoms with Crippen molar-refractivity contribution in [1.82, 2.24) is 5.32 Å². The molecule has 0 spiro atoms.